The second-order valence-electron chi connectivity index (χ2n) is 6.50. The maximum Gasteiger partial charge on any atom is 0.337 e. The van der Waals surface area contributed by atoms with E-state index in [1.165, 1.54) is 12.1 Å². The molecule has 0 atom stereocenters. The molecule has 27 heavy (non-hydrogen) atoms. The molecule has 7 heteroatoms. The van der Waals surface area contributed by atoms with Crippen LogP contribution >= 0.6 is 0 Å². The molecule has 0 aliphatic carbocycles. The highest BCUT2D eigenvalue weighted by atomic mass is 16.4. The number of amides is 2. The molecule has 0 spiro atoms. The third kappa shape index (κ3) is 4.31. The normalized spacial score (nSPS) is 13.7. The summed E-state index contributed by atoms with van der Waals surface area (Å²) >= 11 is 0. The van der Waals surface area contributed by atoms with Gasteiger partial charge in [0.1, 0.15) is 5.69 Å². The minimum Gasteiger partial charge on any atom is -0.478 e. The number of carboxylic acid groups (broad SMARTS) is 1. The second kappa shape index (κ2) is 7.99. The molecule has 2 heterocycles. The Balaban J connectivity index is 1.68. The molecule has 1 fully saturated rings. The van der Waals surface area contributed by atoms with Crippen LogP contribution < -0.4 is 5.32 Å². The largest absolute Gasteiger partial charge is 0.478 e. The van der Waals surface area contributed by atoms with Crippen molar-refractivity contribution in [3.05, 3.63) is 64.5 Å². The van der Waals surface area contributed by atoms with Gasteiger partial charge in [-0.25, -0.2) is 9.78 Å². The first-order chi connectivity index (χ1) is 13.0. The Morgan fingerprint density at radius 1 is 1.19 bits per heavy atom. The number of hydrogen-bond acceptors (Lipinski definition) is 4. The van der Waals surface area contributed by atoms with Crippen LogP contribution in [-0.2, 0) is 17.9 Å². The summed E-state index contributed by atoms with van der Waals surface area (Å²) in [6.45, 7) is 3.16. The van der Waals surface area contributed by atoms with Crippen molar-refractivity contribution in [2.45, 2.75) is 32.9 Å². The summed E-state index contributed by atoms with van der Waals surface area (Å²) in [4.78, 5) is 41.2. The maximum atomic E-state index is 12.4. The van der Waals surface area contributed by atoms with E-state index in [-0.39, 0.29) is 23.1 Å². The number of nitrogens with one attached hydrogen (secondary N) is 1. The van der Waals surface area contributed by atoms with E-state index in [0.717, 1.165) is 24.1 Å². The molecule has 1 saturated heterocycles. The number of likely N-dealkylation sites (tertiary alicyclic amines) is 1. The van der Waals surface area contributed by atoms with Crippen molar-refractivity contribution in [1.82, 2.24) is 15.2 Å². The standard InChI is InChI=1S/C20H21N3O4/c1-13-16(20(26)27)8-9-17(22-13)19(25)21-11-14-5-2-3-6-15(14)12-23-10-4-7-18(23)24/h2-3,5-6,8-9H,4,7,10-12H2,1H3,(H,21,25)(H,26,27). The highest BCUT2D eigenvalue weighted by Crippen LogP contribution is 2.17. The molecule has 1 aliphatic heterocycles. The van der Waals surface area contributed by atoms with Crippen LogP contribution in [0, 0.1) is 6.92 Å². The predicted molar refractivity (Wildman–Crippen MR) is 98.2 cm³/mol. The van der Waals surface area contributed by atoms with E-state index in [4.69, 9.17) is 5.11 Å². The number of pyridine rings is 1. The Hall–Kier alpha value is -3.22. The molecule has 0 radical (unpaired) electrons. The molecule has 7 nitrogen and oxygen atoms in total. The van der Waals surface area contributed by atoms with Gasteiger partial charge >= 0.3 is 5.97 Å². The molecule has 2 aromatic rings. The predicted octanol–water partition coefficient (Wildman–Crippen LogP) is 2.14. The van der Waals surface area contributed by atoms with E-state index in [2.05, 4.69) is 10.3 Å². The zero-order chi connectivity index (χ0) is 19.4. The van der Waals surface area contributed by atoms with Crippen LogP contribution in [0.1, 0.15) is 50.5 Å². The summed E-state index contributed by atoms with van der Waals surface area (Å²) in [5, 5.41) is 11.9. The lowest BCUT2D eigenvalue weighted by molar-refractivity contribution is -0.128. The Morgan fingerprint density at radius 2 is 1.93 bits per heavy atom. The number of hydrogen-bond donors (Lipinski definition) is 2. The molecule has 3 rings (SSSR count). The van der Waals surface area contributed by atoms with Gasteiger partial charge in [-0.3, -0.25) is 9.59 Å². The van der Waals surface area contributed by atoms with Crippen LogP contribution in [0.5, 0.6) is 0 Å². The lowest BCUT2D eigenvalue weighted by Gasteiger charge is -2.18. The minimum atomic E-state index is -1.07. The van der Waals surface area contributed by atoms with Gasteiger partial charge in [0, 0.05) is 26.1 Å². The number of aromatic nitrogens is 1. The molecule has 0 unspecified atom stereocenters. The maximum absolute atomic E-state index is 12.4. The van der Waals surface area contributed by atoms with Crippen molar-refractivity contribution in [1.29, 1.82) is 0 Å². The third-order valence-corrected chi connectivity index (χ3v) is 4.64. The van der Waals surface area contributed by atoms with E-state index in [1.807, 2.05) is 29.2 Å². The first-order valence-electron chi connectivity index (χ1n) is 8.79. The smallest absolute Gasteiger partial charge is 0.337 e. The van der Waals surface area contributed by atoms with Gasteiger partial charge in [-0.05, 0) is 36.6 Å². The van der Waals surface area contributed by atoms with Crippen LogP contribution in [0.15, 0.2) is 36.4 Å². The monoisotopic (exact) mass is 367 g/mol. The number of nitrogens with zero attached hydrogens (tertiary/aromatic N) is 2. The topological polar surface area (TPSA) is 99.6 Å². The van der Waals surface area contributed by atoms with Crippen molar-refractivity contribution in [2.24, 2.45) is 0 Å². The Kier molecular flexibility index (Phi) is 5.49. The van der Waals surface area contributed by atoms with Gasteiger partial charge in [0.25, 0.3) is 5.91 Å². The van der Waals surface area contributed by atoms with Crippen molar-refractivity contribution in [3.63, 3.8) is 0 Å². The van der Waals surface area contributed by atoms with E-state index in [0.29, 0.717) is 25.2 Å². The van der Waals surface area contributed by atoms with E-state index < -0.39 is 5.97 Å². The van der Waals surface area contributed by atoms with Gasteiger partial charge in [-0.15, -0.1) is 0 Å². The SMILES string of the molecule is Cc1nc(C(=O)NCc2ccccc2CN2CCCC2=O)ccc1C(=O)O. The number of carbonyl (C=O) groups excluding carboxylic acids is 2. The summed E-state index contributed by atoms with van der Waals surface area (Å²) in [6.07, 6.45) is 1.48. The van der Waals surface area contributed by atoms with Crippen LogP contribution in [-0.4, -0.2) is 39.3 Å². The third-order valence-electron chi connectivity index (χ3n) is 4.64. The number of carboxylic acids is 1. The molecule has 1 aliphatic rings. The summed E-state index contributed by atoms with van der Waals surface area (Å²) in [5.41, 5.74) is 2.47. The molecule has 1 aromatic carbocycles. The van der Waals surface area contributed by atoms with Gasteiger partial charge in [0.15, 0.2) is 0 Å². The van der Waals surface area contributed by atoms with E-state index in [1.54, 1.807) is 6.92 Å². The lowest BCUT2D eigenvalue weighted by Crippen LogP contribution is -2.27. The fourth-order valence-corrected chi connectivity index (χ4v) is 3.14. The number of carbonyl (C=O) groups is 3. The first kappa shape index (κ1) is 18.6. The molecule has 140 valence electrons. The Bertz CT molecular complexity index is 895. The number of aryl methyl sites for hydroxylation is 1. The van der Waals surface area contributed by atoms with E-state index >= 15 is 0 Å². The minimum absolute atomic E-state index is 0.0761. The fraction of sp³-hybridized carbons (Fsp3) is 0.300. The van der Waals surface area contributed by atoms with Crippen LogP contribution in [0.2, 0.25) is 0 Å². The van der Waals surface area contributed by atoms with E-state index in [9.17, 15) is 14.4 Å². The molecule has 0 saturated carbocycles. The van der Waals surface area contributed by atoms with Crippen LogP contribution in [0.25, 0.3) is 0 Å². The molecular weight excluding hydrogens is 346 g/mol. The summed E-state index contributed by atoms with van der Waals surface area (Å²) < 4.78 is 0. The first-order valence-corrected chi connectivity index (χ1v) is 8.79. The number of benzene rings is 1. The number of rotatable bonds is 6. The quantitative estimate of drug-likeness (QED) is 0.815. The lowest BCUT2D eigenvalue weighted by atomic mass is 10.1. The van der Waals surface area contributed by atoms with Crippen molar-refractivity contribution in [3.8, 4) is 0 Å². The molecule has 1 aromatic heterocycles. The highest BCUT2D eigenvalue weighted by molar-refractivity contribution is 5.94. The second-order valence-corrected chi connectivity index (χ2v) is 6.50. The number of aromatic carboxylic acids is 1. The van der Waals surface area contributed by atoms with Crippen molar-refractivity contribution in [2.75, 3.05) is 6.54 Å². The summed E-state index contributed by atoms with van der Waals surface area (Å²) in [7, 11) is 0. The average Bonchev–Trinajstić information content (AvgIpc) is 3.05. The van der Waals surface area contributed by atoms with Gasteiger partial charge < -0.3 is 15.3 Å². The summed E-state index contributed by atoms with van der Waals surface area (Å²) in [5.74, 6) is -1.29. The van der Waals surface area contributed by atoms with Crippen LogP contribution in [0.3, 0.4) is 0 Å². The van der Waals surface area contributed by atoms with Crippen molar-refractivity contribution >= 4 is 17.8 Å². The Labute approximate surface area is 157 Å². The molecular formula is C20H21N3O4. The highest BCUT2D eigenvalue weighted by Gasteiger charge is 2.21. The van der Waals surface area contributed by atoms with Gasteiger partial charge in [-0.2, -0.15) is 0 Å². The van der Waals surface area contributed by atoms with Gasteiger partial charge in [0.2, 0.25) is 5.91 Å². The van der Waals surface area contributed by atoms with Crippen molar-refractivity contribution < 1.29 is 19.5 Å². The molecule has 0 bridgehead atoms. The fourth-order valence-electron chi connectivity index (χ4n) is 3.14. The van der Waals surface area contributed by atoms with Gasteiger partial charge in [-0.1, -0.05) is 24.3 Å². The average molecular weight is 367 g/mol. The molecule has 2 amide bonds. The molecule has 2 N–H and O–H groups in total. The Morgan fingerprint density at radius 3 is 2.56 bits per heavy atom. The summed E-state index contributed by atoms with van der Waals surface area (Å²) in [6, 6.07) is 10.5. The zero-order valence-corrected chi connectivity index (χ0v) is 15.1. The zero-order valence-electron chi connectivity index (χ0n) is 15.1. The van der Waals surface area contributed by atoms with Crippen LogP contribution in [0.4, 0.5) is 0 Å². The van der Waals surface area contributed by atoms with Gasteiger partial charge in [0.05, 0.1) is 11.3 Å².